The fourth-order valence-electron chi connectivity index (χ4n) is 4.31. The van der Waals surface area contributed by atoms with Gasteiger partial charge in [0, 0.05) is 25.1 Å². The molecule has 3 aliphatic rings. The lowest BCUT2D eigenvalue weighted by molar-refractivity contribution is -0.124. The number of ether oxygens (including phenoxy) is 1. The van der Waals surface area contributed by atoms with Crippen molar-refractivity contribution in [2.75, 3.05) is 33.3 Å². The van der Waals surface area contributed by atoms with Crippen LogP contribution in [0.1, 0.15) is 44.9 Å². The summed E-state index contributed by atoms with van der Waals surface area (Å²) in [6.45, 7) is 2.80. The first-order valence-electron chi connectivity index (χ1n) is 10.4. The normalized spacial score (nSPS) is 24.4. The Hall–Kier alpha value is -1.89. The Bertz CT molecular complexity index is 620. The van der Waals surface area contributed by atoms with E-state index in [-0.39, 0.29) is 11.8 Å². The highest BCUT2D eigenvalue weighted by Gasteiger charge is 2.26. The number of likely N-dealkylation sites (tertiary alicyclic amines) is 1. The number of hydrogen-bond acceptors (Lipinski definition) is 4. The van der Waals surface area contributed by atoms with E-state index in [0.29, 0.717) is 37.2 Å². The number of carbonyl (C=O) groups excluding carboxylic acids is 2. The van der Waals surface area contributed by atoms with Crippen LogP contribution in [0.25, 0.3) is 0 Å². The Kier molecular flexibility index (Phi) is 7.48. The Morgan fingerprint density at radius 3 is 2.61 bits per heavy atom. The van der Waals surface area contributed by atoms with E-state index in [1.54, 1.807) is 0 Å². The molecule has 1 saturated heterocycles. The van der Waals surface area contributed by atoms with E-state index in [2.05, 4.69) is 15.5 Å². The Morgan fingerprint density at radius 2 is 1.93 bits per heavy atom. The maximum absolute atomic E-state index is 13.6. The van der Waals surface area contributed by atoms with Gasteiger partial charge in [-0.05, 0) is 50.8 Å². The number of methoxy groups -OCH3 is 1. The predicted molar refractivity (Wildman–Crippen MR) is 105 cm³/mol. The van der Waals surface area contributed by atoms with Crippen molar-refractivity contribution in [3.8, 4) is 0 Å². The number of amides is 2. The summed E-state index contributed by atoms with van der Waals surface area (Å²) in [5.41, 5.74) is 0. The largest absolute Gasteiger partial charge is 0.501 e. The third-order valence-corrected chi connectivity index (χ3v) is 6.04. The van der Waals surface area contributed by atoms with Crippen LogP contribution in [0.4, 0.5) is 4.39 Å². The van der Waals surface area contributed by atoms with E-state index >= 15 is 0 Å². The standard InChI is InChI=1S/C21H32FN3O3/c1-28-19-11-16(10-17(22)12-19)21(27)23-13-15-6-8-25(9-7-15)14-20(26)24-18-4-2-3-5-18/h10,12,15-16,18H,2-9,11,13-14H2,1H3,(H,23,27)(H,24,26). The summed E-state index contributed by atoms with van der Waals surface area (Å²) in [7, 11) is 1.49. The zero-order valence-electron chi connectivity index (χ0n) is 16.7. The molecule has 3 rings (SSSR count). The van der Waals surface area contributed by atoms with Crippen molar-refractivity contribution in [1.29, 1.82) is 0 Å². The summed E-state index contributed by atoms with van der Waals surface area (Å²) in [5.74, 6) is -0.0769. The quantitative estimate of drug-likeness (QED) is 0.696. The van der Waals surface area contributed by atoms with Gasteiger partial charge in [-0.1, -0.05) is 12.8 Å². The lowest BCUT2D eigenvalue weighted by Gasteiger charge is -2.32. The van der Waals surface area contributed by atoms with E-state index in [4.69, 9.17) is 4.74 Å². The first kappa shape index (κ1) is 20.8. The first-order chi connectivity index (χ1) is 13.5. The maximum atomic E-state index is 13.6. The molecule has 1 unspecified atom stereocenters. The number of nitrogens with zero attached hydrogens (tertiary/aromatic N) is 1. The Morgan fingerprint density at radius 1 is 1.21 bits per heavy atom. The van der Waals surface area contributed by atoms with Gasteiger partial charge >= 0.3 is 0 Å². The molecular weight excluding hydrogens is 361 g/mol. The monoisotopic (exact) mass is 393 g/mol. The molecule has 0 aromatic rings. The van der Waals surface area contributed by atoms with E-state index in [9.17, 15) is 14.0 Å². The molecule has 2 amide bonds. The van der Waals surface area contributed by atoms with Gasteiger partial charge in [-0.2, -0.15) is 0 Å². The minimum Gasteiger partial charge on any atom is -0.501 e. The van der Waals surface area contributed by atoms with Crippen LogP contribution in [0, 0.1) is 11.8 Å². The molecular formula is C21H32FN3O3. The first-order valence-corrected chi connectivity index (χ1v) is 10.4. The van der Waals surface area contributed by atoms with E-state index in [0.717, 1.165) is 38.8 Å². The summed E-state index contributed by atoms with van der Waals surface area (Å²) in [6, 6.07) is 0.368. The van der Waals surface area contributed by atoms with Gasteiger partial charge in [0.05, 0.1) is 25.3 Å². The predicted octanol–water partition coefficient (Wildman–Crippen LogP) is 2.28. The minimum atomic E-state index is -0.515. The summed E-state index contributed by atoms with van der Waals surface area (Å²) in [4.78, 5) is 26.7. The summed E-state index contributed by atoms with van der Waals surface area (Å²) in [5, 5.41) is 6.10. The van der Waals surface area contributed by atoms with Gasteiger partial charge < -0.3 is 15.4 Å². The molecule has 6 nitrogen and oxygen atoms in total. The van der Waals surface area contributed by atoms with Gasteiger partial charge in [0.15, 0.2) is 0 Å². The smallest absolute Gasteiger partial charge is 0.234 e. The van der Waals surface area contributed by atoms with Gasteiger partial charge in [0.1, 0.15) is 5.83 Å². The van der Waals surface area contributed by atoms with E-state index in [1.165, 1.54) is 32.1 Å². The van der Waals surface area contributed by atoms with Crippen LogP contribution in [-0.2, 0) is 14.3 Å². The molecule has 0 aromatic carbocycles. The summed E-state index contributed by atoms with van der Waals surface area (Å²) in [6.07, 6.45) is 9.62. The van der Waals surface area contributed by atoms with Gasteiger partial charge in [-0.3, -0.25) is 14.5 Å². The SMILES string of the molecule is COC1=CC(F)=CC(C(=O)NCC2CCN(CC(=O)NC3CCCC3)CC2)C1. The molecule has 0 spiro atoms. The number of nitrogens with one attached hydrogen (secondary N) is 2. The third-order valence-electron chi connectivity index (χ3n) is 6.04. The second-order valence-corrected chi connectivity index (χ2v) is 8.19. The molecule has 2 N–H and O–H groups in total. The van der Waals surface area contributed by atoms with Crippen LogP contribution in [0.5, 0.6) is 0 Å². The van der Waals surface area contributed by atoms with Crippen LogP contribution in [0.15, 0.2) is 23.7 Å². The molecule has 2 fully saturated rings. The number of allylic oxidation sites excluding steroid dienone is 3. The van der Waals surface area contributed by atoms with Crippen LogP contribution in [0.2, 0.25) is 0 Å². The topological polar surface area (TPSA) is 70.7 Å². The highest BCUT2D eigenvalue weighted by Crippen LogP contribution is 2.24. The number of rotatable bonds is 7. The molecule has 0 radical (unpaired) electrons. The molecule has 0 bridgehead atoms. The van der Waals surface area contributed by atoms with Crippen molar-refractivity contribution in [3.05, 3.63) is 23.7 Å². The van der Waals surface area contributed by atoms with Crippen LogP contribution in [0.3, 0.4) is 0 Å². The molecule has 7 heteroatoms. The molecule has 2 aliphatic carbocycles. The average molecular weight is 394 g/mol. The van der Waals surface area contributed by atoms with E-state index in [1.807, 2.05) is 0 Å². The van der Waals surface area contributed by atoms with Gasteiger partial charge in [0.2, 0.25) is 11.8 Å². The molecule has 1 heterocycles. The lowest BCUT2D eigenvalue weighted by atomic mass is 9.95. The lowest BCUT2D eigenvalue weighted by Crippen LogP contribution is -2.45. The zero-order valence-corrected chi connectivity index (χ0v) is 16.7. The number of hydrogen-bond donors (Lipinski definition) is 2. The maximum Gasteiger partial charge on any atom is 0.234 e. The molecule has 1 atom stereocenters. The van der Waals surface area contributed by atoms with Crippen LogP contribution >= 0.6 is 0 Å². The number of piperidine rings is 1. The second kappa shape index (κ2) is 10.0. The highest BCUT2D eigenvalue weighted by molar-refractivity contribution is 5.81. The average Bonchev–Trinajstić information content (AvgIpc) is 3.19. The van der Waals surface area contributed by atoms with Gasteiger partial charge in [-0.25, -0.2) is 4.39 Å². The minimum absolute atomic E-state index is 0.131. The van der Waals surface area contributed by atoms with Crippen molar-refractivity contribution >= 4 is 11.8 Å². The Labute approximate surface area is 166 Å². The zero-order chi connectivity index (χ0) is 19.9. The summed E-state index contributed by atoms with van der Waals surface area (Å²) < 4.78 is 18.7. The fraction of sp³-hybridized carbons (Fsp3) is 0.714. The van der Waals surface area contributed by atoms with E-state index < -0.39 is 11.7 Å². The van der Waals surface area contributed by atoms with Crippen molar-refractivity contribution in [3.63, 3.8) is 0 Å². The molecule has 1 aliphatic heterocycles. The van der Waals surface area contributed by atoms with Crippen molar-refractivity contribution in [2.45, 2.75) is 51.0 Å². The molecule has 1 saturated carbocycles. The van der Waals surface area contributed by atoms with Gasteiger partial charge in [-0.15, -0.1) is 0 Å². The second-order valence-electron chi connectivity index (χ2n) is 8.19. The fourth-order valence-corrected chi connectivity index (χ4v) is 4.31. The van der Waals surface area contributed by atoms with Crippen molar-refractivity contribution < 1.29 is 18.7 Å². The highest BCUT2D eigenvalue weighted by atomic mass is 19.1. The third kappa shape index (κ3) is 6.06. The molecule has 28 heavy (non-hydrogen) atoms. The van der Waals surface area contributed by atoms with Crippen LogP contribution < -0.4 is 10.6 Å². The van der Waals surface area contributed by atoms with Crippen molar-refractivity contribution in [2.24, 2.45) is 11.8 Å². The van der Waals surface area contributed by atoms with Crippen molar-refractivity contribution in [1.82, 2.24) is 15.5 Å². The number of carbonyl (C=O) groups is 2. The Balaban J connectivity index is 1.33. The van der Waals surface area contributed by atoms with Crippen LogP contribution in [-0.4, -0.2) is 56.0 Å². The molecule has 156 valence electrons. The number of halogens is 1. The van der Waals surface area contributed by atoms with Gasteiger partial charge in [0.25, 0.3) is 0 Å². The molecule has 0 aromatic heterocycles. The summed E-state index contributed by atoms with van der Waals surface area (Å²) >= 11 is 0.